The van der Waals surface area contributed by atoms with E-state index in [4.69, 9.17) is 22.1 Å². The Morgan fingerprint density at radius 3 is 2.65 bits per heavy atom. The molecule has 2 amide bonds. The van der Waals surface area contributed by atoms with Gasteiger partial charge in [-0.25, -0.2) is 15.2 Å². The molecule has 0 saturated heterocycles. The minimum atomic E-state index is -0.713. The summed E-state index contributed by atoms with van der Waals surface area (Å²) in [6.07, 6.45) is 2.97. The fourth-order valence-electron chi connectivity index (χ4n) is 1.34. The third-order valence-electron chi connectivity index (χ3n) is 2.19. The lowest BCUT2D eigenvalue weighted by Crippen LogP contribution is -2.24. The van der Waals surface area contributed by atoms with Gasteiger partial charge in [0, 0.05) is 12.3 Å². The zero-order valence-electron chi connectivity index (χ0n) is 10.3. The molecule has 0 atom stereocenters. The molecule has 0 aliphatic carbocycles. The predicted molar refractivity (Wildman–Crippen MR) is 76.1 cm³/mol. The summed E-state index contributed by atoms with van der Waals surface area (Å²) in [5, 5.41) is 4.19. The van der Waals surface area contributed by atoms with Gasteiger partial charge in [-0.2, -0.15) is 5.10 Å². The molecule has 1 aromatic carbocycles. The Bertz CT molecular complexity index is 611. The number of carbonyl (C=O) groups excluding carboxylic acids is 1. The second-order valence-electron chi connectivity index (χ2n) is 3.72. The number of nitrogens with two attached hydrogens (primary N) is 1. The Morgan fingerprint density at radius 2 is 2.05 bits per heavy atom. The molecule has 102 valence electrons. The molecule has 0 unspecified atom stereocenters. The predicted octanol–water partition coefficient (Wildman–Crippen LogP) is 2.53. The number of benzene rings is 1. The van der Waals surface area contributed by atoms with Crippen LogP contribution in [0.15, 0.2) is 47.7 Å². The zero-order chi connectivity index (χ0) is 14.4. The number of hydrogen-bond acceptors (Lipinski definition) is 4. The van der Waals surface area contributed by atoms with Gasteiger partial charge in [0.05, 0.1) is 11.2 Å². The minimum Gasteiger partial charge on any atom is -0.439 e. The van der Waals surface area contributed by atoms with Crippen LogP contribution in [-0.4, -0.2) is 17.2 Å². The number of nitrogens with one attached hydrogen (secondary N) is 1. The SMILES string of the molecule is NC(=O)NN=Cc1ccc(Oc2ccc(Cl)cn2)cc1. The van der Waals surface area contributed by atoms with Crippen molar-refractivity contribution < 1.29 is 9.53 Å². The monoisotopic (exact) mass is 290 g/mol. The first kappa shape index (κ1) is 13.8. The molecule has 6 nitrogen and oxygen atoms in total. The van der Waals surface area contributed by atoms with Crippen LogP contribution >= 0.6 is 11.6 Å². The van der Waals surface area contributed by atoms with Gasteiger partial charge in [-0.3, -0.25) is 0 Å². The Labute approximate surface area is 120 Å². The first-order chi connectivity index (χ1) is 9.63. The number of primary amides is 1. The molecule has 0 fully saturated rings. The average Bonchev–Trinajstić information content (AvgIpc) is 2.43. The van der Waals surface area contributed by atoms with Crippen LogP contribution < -0.4 is 15.9 Å². The number of hydrazone groups is 1. The van der Waals surface area contributed by atoms with E-state index in [1.807, 2.05) is 0 Å². The van der Waals surface area contributed by atoms with E-state index in [9.17, 15) is 4.79 Å². The third kappa shape index (κ3) is 4.25. The van der Waals surface area contributed by atoms with Gasteiger partial charge in [0.25, 0.3) is 0 Å². The number of nitrogens with zero attached hydrogens (tertiary/aromatic N) is 2. The van der Waals surface area contributed by atoms with Crippen LogP contribution in [0.2, 0.25) is 5.02 Å². The van der Waals surface area contributed by atoms with Gasteiger partial charge in [0.15, 0.2) is 0 Å². The van der Waals surface area contributed by atoms with Crippen molar-refractivity contribution in [2.75, 3.05) is 0 Å². The molecule has 0 saturated carbocycles. The number of pyridine rings is 1. The molecule has 0 aliphatic rings. The number of amides is 2. The molecule has 1 heterocycles. The Kier molecular flexibility index (Phi) is 4.52. The summed E-state index contributed by atoms with van der Waals surface area (Å²) < 4.78 is 5.53. The average molecular weight is 291 g/mol. The molecule has 0 aliphatic heterocycles. The lowest BCUT2D eigenvalue weighted by Gasteiger charge is -2.04. The molecular formula is C13H11ClN4O2. The van der Waals surface area contributed by atoms with E-state index in [0.29, 0.717) is 16.7 Å². The van der Waals surface area contributed by atoms with Crippen LogP contribution in [0.3, 0.4) is 0 Å². The molecule has 0 spiro atoms. The molecule has 1 aromatic heterocycles. The van der Waals surface area contributed by atoms with Crippen LogP contribution in [0, 0.1) is 0 Å². The first-order valence-electron chi connectivity index (χ1n) is 5.61. The van der Waals surface area contributed by atoms with Gasteiger partial charge in [0.1, 0.15) is 5.75 Å². The normalized spacial score (nSPS) is 10.4. The van der Waals surface area contributed by atoms with Crippen molar-refractivity contribution in [3.63, 3.8) is 0 Å². The lowest BCUT2D eigenvalue weighted by atomic mass is 10.2. The summed E-state index contributed by atoms with van der Waals surface area (Å²) in [4.78, 5) is 14.5. The Balaban J connectivity index is 1.99. The summed E-state index contributed by atoms with van der Waals surface area (Å²) >= 11 is 5.73. The molecule has 3 N–H and O–H groups in total. The number of ether oxygens (including phenoxy) is 1. The molecule has 20 heavy (non-hydrogen) atoms. The second-order valence-corrected chi connectivity index (χ2v) is 4.16. The van der Waals surface area contributed by atoms with Crippen LogP contribution in [-0.2, 0) is 0 Å². The van der Waals surface area contributed by atoms with Crippen molar-refractivity contribution in [3.8, 4) is 11.6 Å². The molecule has 2 rings (SSSR count). The quantitative estimate of drug-likeness (QED) is 0.670. The second kappa shape index (κ2) is 6.53. The van der Waals surface area contributed by atoms with Crippen molar-refractivity contribution in [1.82, 2.24) is 10.4 Å². The van der Waals surface area contributed by atoms with Gasteiger partial charge in [0.2, 0.25) is 5.88 Å². The summed E-state index contributed by atoms with van der Waals surface area (Å²) in [5.41, 5.74) is 7.77. The first-order valence-corrected chi connectivity index (χ1v) is 5.99. The number of carbonyl (C=O) groups is 1. The highest BCUT2D eigenvalue weighted by atomic mass is 35.5. The maximum Gasteiger partial charge on any atom is 0.332 e. The fourth-order valence-corrected chi connectivity index (χ4v) is 1.45. The van der Waals surface area contributed by atoms with Gasteiger partial charge in [-0.15, -0.1) is 0 Å². The highest BCUT2D eigenvalue weighted by Gasteiger charge is 1.98. The smallest absolute Gasteiger partial charge is 0.332 e. The number of aromatic nitrogens is 1. The summed E-state index contributed by atoms with van der Waals surface area (Å²) in [6, 6.07) is 9.71. The standard InChI is InChI=1S/C13H11ClN4O2/c14-10-3-6-12(16-8-10)20-11-4-1-9(2-5-11)7-17-18-13(15)19/h1-8H,(H3,15,18,19). The van der Waals surface area contributed by atoms with Crippen molar-refractivity contribution >= 4 is 23.8 Å². The van der Waals surface area contributed by atoms with E-state index in [1.165, 1.54) is 12.4 Å². The van der Waals surface area contributed by atoms with Crippen molar-refractivity contribution in [1.29, 1.82) is 0 Å². The molecule has 0 radical (unpaired) electrons. The largest absolute Gasteiger partial charge is 0.439 e. The maximum absolute atomic E-state index is 10.4. The Hall–Kier alpha value is -2.60. The van der Waals surface area contributed by atoms with E-state index in [2.05, 4.69) is 15.5 Å². The minimum absolute atomic E-state index is 0.450. The highest BCUT2D eigenvalue weighted by molar-refractivity contribution is 6.30. The van der Waals surface area contributed by atoms with Gasteiger partial charge in [-0.1, -0.05) is 11.6 Å². The van der Waals surface area contributed by atoms with E-state index in [-0.39, 0.29) is 0 Å². The lowest BCUT2D eigenvalue weighted by molar-refractivity contribution is 0.249. The number of halogens is 1. The molecular weight excluding hydrogens is 280 g/mol. The van der Waals surface area contributed by atoms with Crippen molar-refractivity contribution in [2.45, 2.75) is 0 Å². The number of urea groups is 1. The van der Waals surface area contributed by atoms with Crippen LogP contribution in [0.25, 0.3) is 0 Å². The van der Waals surface area contributed by atoms with Crippen LogP contribution in [0.5, 0.6) is 11.6 Å². The van der Waals surface area contributed by atoms with E-state index < -0.39 is 6.03 Å². The van der Waals surface area contributed by atoms with E-state index in [0.717, 1.165) is 5.56 Å². The maximum atomic E-state index is 10.4. The van der Waals surface area contributed by atoms with Gasteiger partial charge < -0.3 is 10.5 Å². The van der Waals surface area contributed by atoms with Crippen LogP contribution in [0.1, 0.15) is 5.56 Å². The Morgan fingerprint density at radius 1 is 1.30 bits per heavy atom. The van der Waals surface area contributed by atoms with Crippen molar-refractivity contribution in [3.05, 3.63) is 53.2 Å². The summed E-state index contributed by atoms with van der Waals surface area (Å²) in [7, 11) is 0. The molecule has 0 bridgehead atoms. The van der Waals surface area contributed by atoms with Gasteiger partial charge in [-0.05, 0) is 35.9 Å². The fraction of sp³-hybridized carbons (Fsp3) is 0. The summed E-state index contributed by atoms with van der Waals surface area (Å²) in [6.45, 7) is 0. The number of hydrogen-bond donors (Lipinski definition) is 2. The third-order valence-corrected chi connectivity index (χ3v) is 2.41. The summed E-state index contributed by atoms with van der Waals surface area (Å²) in [5.74, 6) is 1.08. The van der Waals surface area contributed by atoms with Gasteiger partial charge >= 0.3 is 6.03 Å². The molecule has 2 aromatic rings. The van der Waals surface area contributed by atoms with E-state index >= 15 is 0 Å². The van der Waals surface area contributed by atoms with E-state index in [1.54, 1.807) is 36.4 Å². The zero-order valence-corrected chi connectivity index (χ0v) is 11.0. The number of rotatable bonds is 4. The molecule has 7 heteroatoms. The topological polar surface area (TPSA) is 89.6 Å². The van der Waals surface area contributed by atoms with Crippen molar-refractivity contribution in [2.24, 2.45) is 10.8 Å². The highest BCUT2D eigenvalue weighted by Crippen LogP contribution is 2.20. The van der Waals surface area contributed by atoms with Crippen LogP contribution in [0.4, 0.5) is 4.79 Å².